The number of carbonyl (C=O) groups is 3. The van der Waals surface area contributed by atoms with Gasteiger partial charge in [0.1, 0.15) is 35.1 Å². The third-order valence-electron chi connectivity index (χ3n) is 8.01. The van der Waals surface area contributed by atoms with Crippen LogP contribution in [0.4, 0.5) is 15.0 Å². The van der Waals surface area contributed by atoms with Crippen LogP contribution in [-0.4, -0.2) is 91.0 Å². The van der Waals surface area contributed by atoms with Crippen LogP contribution < -0.4 is 15.0 Å². The normalized spacial score (nSPS) is 17.9. The molecule has 2 amide bonds. The maximum absolute atomic E-state index is 13.5. The molecule has 2 saturated heterocycles. The highest BCUT2D eigenvalue weighted by atomic mass is 32.2. The zero-order valence-corrected chi connectivity index (χ0v) is 28.0. The molecular weight excluding hydrogens is 641 g/mol. The van der Waals surface area contributed by atoms with Crippen LogP contribution in [0.25, 0.3) is 0 Å². The van der Waals surface area contributed by atoms with Gasteiger partial charge in [0.2, 0.25) is 15.9 Å². The first-order valence-electron chi connectivity index (χ1n) is 15.8. The molecule has 2 aliphatic heterocycles. The summed E-state index contributed by atoms with van der Waals surface area (Å²) in [6.07, 6.45) is 2.00. The number of pyridine rings is 1. The molecule has 2 fully saturated rings. The van der Waals surface area contributed by atoms with Crippen molar-refractivity contribution >= 4 is 33.8 Å². The van der Waals surface area contributed by atoms with Gasteiger partial charge in [-0.2, -0.15) is 4.31 Å². The van der Waals surface area contributed by atoms with Gasteiger partial charge in [-0.05, 0) is 87.7 Å². The van der Waals surface area contributed by atoms with E-state index in [1.807, 2.05) is 18.2 Å². The highest BCUT2D eigenvalue weighted by Crippen LogP contribution is 2.27. The molecule has 3 heterocycles. The first-order valence-corrected chi connectivity index (χ1v) is 17.3. The number of sulfonamides is 1. The Morgan fingerprint density at radius 2 is 1.65 bits per heavy atom. The molecule has 0 aliphatic carbocycles. The molecule has 0 spiro atoms. The Hall–Kier alpha value is -4.56. The molecule has 256 valence electrons. The SMILES string of the molecule is CC(C)(C)OC(=O)[C@H](Cc1ccc(OC(=O)N2CCN(c3ccccn3)CC2)cc1)NC(=O)[C@@H]1CCCN1S(=O)(=O)c1ccc(F)cc1. The number of aromatic nitrogens is 1. The van der Waals surface area contributed by atoms with Gasteiger partial charge in [-0.25, -0.2) is 27.4 Å². The number of hydrogen-bond acceptors (Lipinski definition) is 9. The van der Waals surface area contributed by atoms with Gasteiger partial charge in [-0.15, -0.1) is 0 Å². The van der Waals surface area contributed by atoms with Gasteiger partial charge in [-0.3, -0.25) is 4.79 Å². The standard InChI is InChI=1S/C34H40FN5O7S/c1-34(2,3)47-32(42)28(37-31(41)29-7-6-18-40(29)48(44,45)27-15-11-25(35)12-16-27)23-24-9-13-26(14-10-24)46-33(43)39-21-19-38(20-22-39)30-8-4-5-17-36-30/h4-5,8-17,28-29H,6-7,18-23H2,1-3H3,(H,37,41)/t28-,29-/m0/s1. The van der Waals surface area contributed by atoms with E-state index in [-0.39, 0.29) is 24.3 Å². The third kappa shape index (κ3) is 8.66. The second-order valence-corrected chi connectivity index (χ2v) is 14.6. The molecule has 2 aliphatic rings. The number of nitrogens with zero attached hydrogens (tertiary/aromatic N) is 4. The van der Waals surface area contributed by atoms with Gasteiger partial charge in [-0.1, -0.05) is 18.2 Å². The molecule has 2 aromatic carbocycles. The van der Waals surface area contributed by atoms with Gasteiger partial charge >= 0.3 is 12.1 Å². The number of benzene rings is 2. The molecule has 1 N–H and O–H groups in total. The second kappa shape index (κ2) is 14.7. The minimum Gasteiger partial charge on any atom is -0.458 e. The summed E-state index contributed by atoms with van der Waals surface area (Å²) in [5.74, 6) is -0.713. The van der Waals surface area contributed by atoms with E-state index >= 15 is 0 Å². The van der Waals surface area contributed by atoms with Gasteiger partial charge in [0.05, 0.1) is 4.90 Å². The number of anilines is 1. The van der Waals surface area contributed by atoms with Crippen molar-refractivity contribution in [1.82, 2.24) is 19.5 Å². The highest BCUT2D eigenvalue weighted by Gasteiger charge is 2.41. The molecule has 14 heteroatoms. The van der Waals surface area contributed by atoms with E-state index in [1.54, 1.807) is 56.1 Å². The van der Waals surface area contributed by atoms with Crippen molar-refractivity contribution in [3.05, 3.63) is 84.3 Å². The summed E-state index contributed by atoms with van der Waals surface area (Å²) >= 11 is 0. The predicted octanol–water partition coefficient (Wildman–Crippen LogP) is 3.76. The number of rotatable bonds is 9. The van der Waals surface area contributed by atoms with Gasteiger partial charge in [0, 0.05) is 45.3 Å². The van der Waals surface area contributed by atoms with Crippen LogP contribution >= 0.6 is 0 Å². The Morgan fingerprint density at radius 1 is 0.958 bits per heavy atom. The molecule has 2 atom stereocenters. The van der Waals surface area contributed by atoms with Crippen molar-refractivity contribution < 1.29 is 36.7 Å². The van der Waals surface area contributed by atoms with E-state index in [0.29, 0.717) is 43.9 Å². The fourth-order valence-corrected chi connectivity index (χ4v) is 7.28. The summed E-state index contributed by atoms with van der Waals surface area (Å²) in [7, 11) is -4.09. The fraction of sp³-hybridized carbons (Fsp3) is 0.412. The van der Waals surface area contributed by atoms with Gasteiger partial charge in [0.15, 0.2) is 0 Å². The van der Waals surface area contributed by atoms with Gasteiger partial charge in [0.25, 0.3) is 0 Å². The average Bonchev–Trinajstić information content (AvgIpc) is 3.57. The van der Waals surface area contributed by atoms with Crippen molar-refractivity contribution in [2.75, 3.05) is 37.6 Å². The zero-order valence-electron chi connectivity index (χ0n) is 27.2. The monoisotopic (exact) mass is 681 g/mol. The van der Waals surface area contributed by atoms with E-state index in [1.165, 1.54) is 0 Å². The number of nitrogens with one attached hydrogen (secondary N) is 1. The second-order valence-electron chi connectivity index (χ2n) is 12.7. The lowest BCUT2D eigenvalue weighted by Gasteiger charge is -2.34. The Balaban J connectivity index is 1.22. The number of hydrogen-bond donors (Lipinski definition) is 1. The maximum Gasteiger partial charge on any atom is 0.415 e. The largest absolute Gasteiger partial charge is 0.458 e. The number of carbonyl (C=O) groups excluding carboxylic acids is 3. The minimum absolute atomic E-state index is 0.0434. The molecule has 1 aromatic heterocycles. The summed E-state index contributed by atoms with van der Waals surface area (Å²) in [5, 5.41) is 2.72. The Morgan fingerprint density at radius 3 is 2.27 bits per heavy atom. The first-order chi connectivity index (χ1) is 22.8. The molecule has 5 rings (SSSR count). The lowest BCUT2D eigenvalue weighted by Crippen LogP contribution is -2.52. The molecule has 0 saturated carbocycles. The van der Waals surface area contributed by atoms with Crippen LogP contribution in [-0.2, 0) is 30.8 Å². The number of piperazine rings is 1. The van der Waals surface area contributed by atoms with E-state index in [4.69, 9.17) is 9.47 Å². The van der Waals surface area contributed by atoms with Crippen LogP contribution in [0.2, 0.25) is 0 Å². The molecule has 0 bridgehead atoms. The van der Waals surface area contributed by atoms with E-state index in [0.717, 1.165) is 34.4 Å². The Labute approximate surface area is 279 Å². The molecule has 48 heavy (non-hydrogen) atoms. The number of amides is 2. The Kier molecular flexibility index (Phi) is 10.6. The van der Waals surface area contributed by atoms with E-state index in [9.17, 15) is 27.2 Å². The lowest BCUT2D eigenvalue weighted by atomic mass is 10.0. The summed E-state index contributed by atoms with van der Waals surface area (Å²) in [6, 6.07) is 14.5. The van der Waals surface area contributed by atoms with Crippen LogP contribution in [0.5, 0.6) is 5.75 Å². The summed E-state index contributed by atoms with van der Waals surface area (Å²) in [5.41, 5.74) is -0.191. The van der Waals surface area contributed by atoms with Crippen molar-refractivity contribution in [3.8, 4) is 5.75 Å². The molecular formula is C34H40FN5O7S. The predicted molar refractivity (Wildman–Crippen MR) is 175 cm³/mol. The van der Waals surface area contributed by atoms with Gasteiger partial charge < -0.3 is 24.6 Å². The minimum atomic E-state index is -4.09. The van der Waals surface area contributed by atoms with Crippen molar-refractivity contribution in [2.24, 2.45) is 0 Å². The summed E-state index contributed by atoms with van der Waals surface area (Å²) in [6.45, 7) is 7.44. The third-order valence-corrected chi connectivity index (χ3v) is 9.94. The first kappa shape index (κ1) is 34.8. The molecule has 3 aromatic rings. The van der Waals surface area contributed by atoms with Crippen LogP contribution in [0.15, 0.2) is 77.8 Å². The van der Waals surface area contributed by atoms with E-state index < -0.39 is 51.5 Å². The topological polar surface area (TPSA) is 138 Å². The lowest BCUT2D eigenvalue weighted by molar-refractivity contribution is -0.158. The average molecular weight is 682 g/mol. The number of halogens is 1. The zero-order chi connectivity index (χ0) is 34.5. The van der Waals surface area contributed by atoms with Crippen LogP contribution in [0.1, 0.15) is 39.2 Å². The van der Waals surface area contributed by atoms with E-state index in [2.05, 4.69) is 15.2 Å². The molecule has 12 nitrogen and oxygen atoms in total. The Bertz CT molecular complexity index is 1690. The highest BCUT2D eigenvalue weighted by molar-refractivity contribution is 7.89. The van der Waals surface area contributed by atoms with Crippen LogP contribution in [0, 0.1) is 5.82 Å². The van der Waals surface area contributed by atoms with Crippen molar-refractivity contribution in [1.29, 1.82) is 0 Å². The maximum atomic E-state index is 13.5. The number of esters is 1. The molecule has 0 unspecified atom stereocenters. The molecule has 0 radical (unpaired) electrons. The fourth-order valence-electron chi connectivity index (χ4n) is 5.62. The summed E-state index contributed by atoms with van der Waals surface area (Å²) in [4.78, 5) is 47.6. The van der Waals surface area contributed by atoms with Crippen molar-refractivity contribution in [2.45, 2.75) is 62.6 Å². The van der Waals surface area contributed by atoms with Crippen LogP contribution in [0.3, 0.4) is 0 Å². The number of ether oxygens (including phenoxy) is 2. The van der Waals surface area contributed by atoms with Crippen molar-refractivity contribution in [3.63, 3.8) is 0 Å². The quantitative estimate of drug-likeness (QED) is 0.335. The summed E-state index contributed by atoms with van der Waals surface area (Å²) < 4.78 is 52.4. The smallest absolute Gasteiger partial charge is 0.415 e.